The average Bonchev–Trinajstić information content (AvgIpc) is 2.45. The van der Waals surface area contributed by atoms with Crippen molar-refractivity contribution in [3.63, 3.8) is 0 Å². The second kappa shape index (κ2) is 8.62. The Morgan fingerprint density at radius 2 is 1.84 bits per heavy atom. The third kappa shape index (κ3) is 6.62. The first-order valence-electron chi connectivity index (χ1n) is 8.60. The zero-order valence-electron chi connectivity index (χ0n) is 16.0. The number of nitrogens with one attached hydrogen (secondary N) is 1. The van der Waals surface area contributed by atoms with Gasteiger partial charge in [-0.3, -0.25) is 14.5 Å². The van der Waals surface area contributed by atoms with E-state index in [9.17, 15) is 19.5 Å². The molecule has 0 aromatic rings. The third-order valence-electron chi connectivity index (χ3n) is 4.05. The molecule has 0 spiro atoms. The Hall–Kier alpha value is -1.67. The van der Waals surface area contributed by atoms with Gasteiger partial charge in [-0.2, -0.15) is 0 Å². The van der Waals surface area contributed by atoms with Crippen LogP contribution in [-0.2, 0) is 14.3 Å². The van der Waals surface area contributed by atoms with Gasteiger partial charge in [0.2, 0.25) is 0 Å². The van der Waals surface area contributed by atoms with Crippen LogP contribution in [0.15, 0.2) is 0 Å². The van der Waals surface area contributed by atoms with E-state index in [1.807, 2.05) is 25.8 Å². The maximum Gasteiger partial charge on any atom is 0.407 e. The van der Waals surface area contributed by atoms with Gasteiger partial charge in [0.1, 0.15) is 11.6 Å². The lowest BCUT2D eigenvalue weighted by molar-refractivity contribution is -0.147. The SMILES string of the molecule is CC(C)C(=O)C1CN(C)CCN1[C@@H](CNC(=O)OC(C)(C)C)C(=O)O. The average molecular weight is 357 g/mol. The van der Waals surface area contributed by atoms with Gasteiger partial charge in [-0.15, -0.1) is 0 Å². The number of alkyl carbamates (subject to hydrolysis) is 1. The van der Waals surface area contributed by atoms with E-state index in [0.29, 0.717) is 19.6 Å². The van der Waals surface area contributed by atoms with Crippen molar-refractivity contribution < 1.29 is 24.2 Å². The summed E-state index contributed by atoms with van der Waals surface area (Å²) in [6.07, 6.45) is -0.667. The van der Waals surface area contributed by atoms with E-state index in [1.165, 1.54) is 0 Å². The summed E-state index contributed by atoms with van der Waals surface area (Å²) in [6, 6.07) is -1.48. The number of carbonyl (C=O) groups excluding carboxylic acids is 2. The number of ether oxygens (including phenoxy) is 1. The summed E-state index contributed by atoms with van der Waals surface area (Å²) in [5.74, 6) is -1.25. The van der Waals surface area contributed by atoms with Crippen LogP contribution in [0.3, 0.4) is 0 Å². The van der Waals surface area contributed by atoms with Crippen LogP contribution in [0, 0.1) is 5.92 Å². The molecule has 1 aliphatic heterocycles. The van der Waals surface area contributed by atoms with Crippen LogP contribution >= 0.6 is 0 Å². The minimum Gasteiger partial charge on any atom is -0.480 e. The molecule has 25 heavy (non-hydrogen) atoms. The first-order chi connectivity index (χ1) is 11.4. The summed E-state index contributed by atoms with van der Waals surface area (Å²) in [7, 11) is 1.91. The Morgan fingerprint density at radius 3 is 2.32 bits per heavy atom. The van der Waals surface area contributed by atoms with Gasteiger partial charge in [0.15, 0.2) is 5.78 Å². The number of piperazine rings is 1. The predicted octanol–water partition coefficient (Wildman–Crippen LogP) is 0.805. The predicted molar refractivity (Wildman–Crippen MR) is 93.5 cm³/mol. The number of hydrogen-bond acceptors (Lipinski definition) is 6. The summed E-state index contributed by atoms with van der Waals surface area (Å²) in [5, 5.41) is 12.1. The molecule has 8 heteroatoms. The molecule has 0 aromatic carbocycles. The zero-order valence-corrected chi connectivity index (χ0v) is 16.0. The summed E-state index contributed by atoms with van der Waals surface area (Å²) in [5.41, 5.74) is -0.660. The van der Waals surface area contributed by atoms with Crippen molar-refractivity contribution in [3.05, 3.63) is 0 Å². The standard InChI is InChI=1S/C17H31N3O5/c1-11(2)14(21)13-10-19(6)7-8-20(13)12(15(22)23)9-18-16(24)25-17(3,4)5/h11-13H,7-10H2,1-6H3,(H,18,24)(H,22,23)/t12-,13?/m0/s1. The number of likely N-dealkylation sites (N-methyl/N-ethyl adjacent to an activating group) is 1. The summed E-state index contributed by atoms with van der Waals surface area (Å²) in [4.78, 5) is 39.8. The highest BCUT2D eigenvalue weighted by Gasteiger charge is 2.39. The number of carboxylic acids is 1. The number of Topliss-reactive ketones (excluding diaryl/α,β-unsaturated/α-hetero) is 1. The summed E-state index contributed by atoms with van der Waals surface area (Å²) < 4.78 is 5.15. The van der Waals surface area contributed by atoms with E-state index in [4.69, 9.17) is 4.74 Å². The van der Waals surface area contributed by atoms with Gasteiger partial charge in [0, 0.05) is 32.1 Å². The topological polar surface area (TPSA) is 99.2 Å². The molecule has 1 amide bonds. The van der Waals surface area contributed by atoms with Crippen LogP contribution in [-0.4, -0.2) is 83.7 Å². The highest BCUT2D eigenvalue weighted by molar-refractivity contribution is 5.87. The largest absolute Gasteiger partial charge is 0.480 e. The Bertz CT molecular complexity index is 501. The van der Waals surface area contributed by atoms with Crippen molar-refractivity contribution >= 4 is 17.8 Å². The fourth-order valence-electron chi connectivity index (χ4n) is 2.79. The lowest BCUT2D eigenvalue weighted by atomic mass is 9.96. The Morgan fingerprint density at radius 1 is 1.24 bits per heavy atom. The molecular weight excluding hydrogens is 326 g/mol. The molecule has 8 nitrogen and oxygen atoms in total. The van der Waals surface area contributed by atoms with Gasteiger partial charge in [-0.05, 0) is 27.8 Å². The maximum absolute atomic E-state index is 12.5. The number of aliphatic carboxylic acids is 1. The molecule has 1 fully saturated rings. The number of amides is 1. The fourth-order valence-corrected chi connectivity index (χ4v) is 2.79. The zero-order chi connectivity index (χ0) is 19.4. The van der Waals surface area contributed by atoms with E-state index in [2.05, 4.69) is 5.32 Å². The number of rotatable bonds is 6. The van der Waals surface area contributed by atoms with Gasteiger partial charge < -0.3 is 20.1 Å². The third-order valence-corrected chi connectivity index (χ3v) is 4.05. The molecule has 2 atom stereocenters. The van der Waals surface area contributed by atoms with Crippen LogP contribution in [0.25, 0.3) is 0 Å². The van der Waals surface area contributed by atoms with Gasteiger partial charge in [-0.1, -0.05) is 13.8 Å². The van der Waals surface area contributed by atoms with Gasteiger partial charge in [0.05, 0.1) is 6.04 Å². The van der Waals surface area contributed by atoms with Gasteiger partial charge >= 0.3 is 12.1 Å². The molecule has 0 radical (unpaired) electrons. The van der Waals surface area contributed by atoms with Crippen molar-refractivity contribution in [2.24, 2.45) is 5.92 Å². The number of nitrogens with zero attached hydrogens (tertiary/aromatic N) is 2. The molecule has 0 aromatic heterocycles. The molecule has 1 unspecified atom stereocenters. The number of ketones is 1. The summed E-state index contributed by atoms with van der Waals surface area (Å²) in [6.45, 7) is 10.3. The fraction of sp³-hybridized carbons (Fsp3) is 0.824. The first-order valence-corrected chi connectivity index (χ1v) is 8.60. The minimum absolute atomic E-state index is 0.00932. The van der Waals surface area contributed by atoms with Gasteiger partial charge in [-0.25, -0.2) is 4.79 Å². The van der Waals surface area contributed by atoms with Crippen molar-refractivity contribution in [2.75, 3.05) is 33.2 Å². The second-order valence-corrected chi connectivity index (χ2v) is 7.81. The molecule has 0 aliphatic carbocycles. The van der Waals surface area contributed by atoms with Crippen molar-refractivity contribution in [1.82, 2.24) is 15.1 Å². The first kappa shape index (κ1) is 21.4. The van der Waals surface area contributed by atoms with E-state index < -0.39 is 29.7 Å². The lowest BCUT2D eigenvalue weighted by Crippen LogP contribution is -2.63. The Balaban J connectivity index is 2.86. The van der Waals surface area contributed by atoms with Crippen molar-refractivity contribution in [2.45, 2.75) is 52.3 Å². The van der Waals surface area contributed by atoms with Crippen LogP contribution in [0.4, 0.5) is 4.79 Å². The van der Waals surface area contributed by atoms with Crippen LogP contribution in [0.2, 0.25) is 0 Å². The van der Waals surface area contributed by atoms with E-state index in [-0.39, 0.29) is 18.2 Å². The molecule has 0 bridgehead atoms. The number of carboxylic acid groups (broad SMARTS) is 1. The molecule has 1 rings (SSSR count). The maximum atomic E-state index is 12.5. The van der Waals surface area contributed by atoms with E-state index >= 15 is 0 Å². The van der Waals surface area contributed by atoms with Crippen LogP contribution in [0.5, 0.6) is 0 Å². The van der Waals surface area contributed by atoms with E-state index in [0.717, 1.165) is 0 Å². The van der Waals surface area contributed by atoms with Crippen LogP contribution in [0.1, 0.15) is 34.6 Å². The molecule has 0 saturated carbocycles. The van der Waals surface area contributed by atoms with Crippen LogP contribution < -0.4 is 5.32 Å². The molecule has 1 saturated heterocycles. The Labute approximate surface area is 149 Å². The highest BCUT2D eigenvalue weighted by atomic mass is 16.6. The van der Waals surface area contributed by atoms with Crippen molar-refractivity contribution in [1.29, 1.82) is 0 Å². The number of carbonyl (C=O) groups is 3. The molecule has 1 heterocycles. The van der Waals surface area contributed by atoms with Crippen molar-refractivity contribution in [3.8, 4) is 0 Å². The summed E-state index contributed by atoms with van der Waals surface area (Å²) >= 11 is 0. The Kier molecular flexibility index (Phi) is 7.37. The number of hydrogen-bond donors (Lipinski definition) is 2. The molecule has 1 aliphatic rings. The smallest absolute Gasteiger partial charge is 0.407 e. The molecular formula is C17H31N3O5. The molecule has 2 N–H and O–H groups in total. The lowest BCUT2D eigenvalue weighted by Gasteiger charge is -2.42. The minimum atomic E-state index is -1.07. The van der Waals surface area contributed by atoms with Gasteiger partial charge in [0.25, 0.3) is 0 Å². The molecule has 144 valence electrons. The van der Waals surface area contributed by atoms with E-state index in [1.54, 1.807) is 25.7 Å². The normalized spacial score (nSPS) is 21.0. The highest BCUT2D eigenvalue weighted by Crippen LogP contribution is 2.17. The monoisotopic (exact) mass is 357 g/mol. The second-order valence-electron chi connectivity index (χ2n) is 7.81. The quantitative estimate of drug-likeness (QED) is 0.725.